The van der Waals surface area contributed by atoms with Gasteiger partial charge in [0, 0.05) is 11.3 Å². The molecular weight excluding hydrogens is 290 g/mol. The Balaban J connectivity index is 2.63. The maximum absolute atomic E-state index is 12.2. The summed E-state index contributed by atoms with van der Waals surface area (Å²) in [5, 5.41) is 19.3. The molecule has 2 atom stereocenters. The first-order valence-electron chi connectivity index (χ1n) is 6.56. The number of aliphatic hydroxyl groups is 1. The van der Waals surface area contributed by atoms with E-state index in [1.165, 1.54) is 7.11 Å². The van der Waals surface area contributed by atoms with Gasteiger partial charge >= 0.3 is 5.97 Å². The maximum atomic E-state index is 12.2. The van der Waals surface area contributed by atoms with Gasteiger partial charge in [0.05, 0.1) is 29.7 Å². The third kappa shape index (κ3) is 5.66. The first-order valence-corrected chi connectivity index (χ1v) is 7.87. The number of hydrogen-bond acceptors (Lipinski definition) is 5. The summed E-state index contributed by atoms with van der Waals surface area (Å²) in [6.45, 7) is 1.92. The molecule has 0 aliphatic rings. The first kappa shape index (κ1) is 17.3. The molecule has 0 aromatic heterocycles. The van der Waals surface area contributed by atoms with Crippen molar-refractivity contribution < 1.29 is 18.8 Å². The summed E-state index contributed by atoms with van der Waals surface area (Å²) in [5.41, 5.74) is -0.659. The molecule has 0 unspecified atom stereocenters. The summed E-state index contributed by atoms with van der Waals surface area (Å²) in [5.74, 6) is -0.566. The molecular formula is C15H19NO4S. The highest BCUT2D eigenvalue weighted by Crippen LogP contribution is 2.19. The van der Waals surface area contributed by atoms with E-state index in [4.69, 9.17) is 5.26 Å². The van der Waals surface area contributed by atoms with Gasteiger partial charge in [-0.1, -0.05) is 17.7 Å². The fraction of sp³-hybridized carbons (Fsp3) is 0.467. The van der Waals surface area contributed by atoms with E-state index in [-0.39, 0.29) is 18.6 Å². The molecule has 114 valence electrons. The Kier molecular flexibility index (Phi) is 6.53. The average molecular weight is 309 g/mol. The van der Waals surface area contributed by atoms with Crippen molar-refractivity contribution in [3.63, 3.8) is 0 Å². The molecule has 6 heteroatoms. The predicted molar refractivity (Wildman–Crippen MR) is 78.9 cm³/mol. The van der Waals surface area contributed by atoms with Crippen molar-refractivity contribution >= 4 is 16.8 Å². The minimum atomic E-state index is -1.70. The van der Waals surface area contributed by atoms with Crippen LogP contribution in [-0.2, 0) is 20.3 Å². The predicted octanol–water partition coefficient (Wildman–Crippen LogP) is 1.70. The van der Waals surface area contributed by atoms with E-state index < -0.39 is 22.4 Å². The van der Waals surface area contributed by atoms with Crippen LogP contribution in [0.3, 0.4) is 0 Å². The lowest BCUT2D eigenvalue weighted by Crippen LogP contribution is -2.33. The third-order valence-corrected chi connectivity index (χ3v) is 4.60. The van der Waals surface area contributed by atoms with E-state index in [0.29, 0.717) is 11.3 Å². The minimum Gasteiger partial charge on any atom is -0.469 e. The number of nitrogens with zero attached hydrogens (tertiary/aromatic N) is 1. The molecule has 0 bridgehead atoms. The number of nitriles is 1. The van der Waals surface area contributed by atoms with E-state index in [2.05, 4.69) is 4.74 Å². The lowest BCUT2D eigenvalue weighted by molar-refractivity contribution is -0.140. The molecule has 1 rings (SSSR count). The molecule has 0 saturated heterocycles. The van der Waals surface area contributed by atoms with E-state index in [1.54, 1.807) is 18.2 Å². The van der Waals surface area contributed by atoms with Crippen molar-refractivity contribution in [1.82, 2.24) is 0 Å². The molecule has 0 amide bonds. The van der Waals surface area contributed by atoms with Crippen LogP contribution in [0.1, 0.15) is 24.8 Å². The largest absolute Gasteiger partial charge is 0.469 e. The first-order chi connectivity index (χ1) is 9.90. The standard InChI is InChI=1S/C15H19NO4S/c1-12-5-7-13(8-6-12)21(19)11-15(18,10-16)9-3-4-14(17)20-2/h5-8,18H,3-4,9,11H2,1-2H3/t15-,21+/m0/s1. The molecule has 0 fully saturated rings. The second-order valence-corrected chi connectivity index (χ2v) is 6.33. The Morgan fingerprint density at radius 3 is 2.57 bits per heavy atom. The summed E-state index contributed by atoms with van der Waals surface area (Å²) in [7, 11) is -0.183. The Hall–Kier alpha value is -1.71. The number of hydrogen-bond donors (Lipinski definition) is 1. The Bertz CT molecular complexity index is 550. The number of rotatable bonds is 7. The summed E-state index contributed by atoms with van der Waals surface area (Å²) in [4.78, 5) is 11.6. The third-order valence-electron chi connectivity index (χ3n) is 3.06. The van der Waals surface area contributed by atoms with Crippen molar-refractivity contribution in [2.24, 2.45) is 0 Å². The van der Waals surface area contributed by atoms with Crippen LogP contribution >= 0.6 is 0 Å². The number of esters is 1. The van der Waals surface area contributed by atoms with Gasteiger partial charge in [0.25, 0.3) is 0 Å². The summed E-state index contributed by atoms with van der Waals surface area (Å²) in [6.07, 6.45) is 0.510. The molecule has 0 spiro atoms. The fourth-order valence-electron chi connectivity index (χ4n) is 1.78. The molecule has 5 nitrogen and oxygen atoms in total. The zero-order valence-electron chi connectivity index (χ0n) is 12.2. The van der Waals surface area contributed by atoms with E-state index in [9.17, 15) is 14.1 Å². The molecule has 0 heterocycles. The minimum absolute atomic E-state index is 0.0796. The number of methoxy groups -OCH3 is 1. The Morgan fingerprint density at radius 2 is 2.05 bits per heavy atom. The maximum Gasteiger partial charge on any atom is 0.305 e. The zero-order chi connectivity index (χ0) is 15.9. The number of benzene rings is 1. The highest BCUT2D eigenvalue weighted by molar-refractivity contribution is 7.85. The van der Waals surface area contributed by atoms with E-state index in [0.717, 1.165) is 5.56 Å². The van der Waals surface area contributed by atoms with Crippen LogP contribution in [0.5, 0.6) is 0 Å². The molecule has 0 aliphatic carbocycles. The van der Waals surface area contributed by atoms with Gasteiger partial charge in [-0.2, -0.15) is 5.26 Å². The van der Waals surface area contributed by atoms with Crippen LogP contribution in [0, 0.1) is 18.3 Å². The molecule has 0 radical (unpaired) electrons. The number of carbonyl (C=O) groups excluding carboxylic acids is 1. The summed E-state index contributed by atoms with van der Waals surface area (Å²) >= 11 is 0. The molecule has 1 aromatic carbocycles. The van der Waals surface area contributed by atoms with Gasteiger partial charge in [0.15, 0.2) is 5.60 Å². The molecule has 1 N–H and O–H groups in total. The number of ether oxygens (including phenoxy) is 1. The molecule has 0 aliphatic heterocycles. The second-order valence-electron chi connectivity index (χ2n) is 4.88. The van der Waals surface area contributed by atoms with Crippen LogP contribution in [0.25, 0.3) is 0 Å². The van der Waals surface area contributed by atoms with Crippen LogP contribution in [0.15, 0.2) is 29.2 Å². The number of aryl methyl sites for hydroxylation is 1. The molecule has 0 saturated carbocycles. The van der Waals surface area contributed by atoms with Crippen molar-refractivity contribution in [2.75, 3.05) is 12.9 Å². The van der Waals surface area contributed by atoms with Gasteiger partial charge < -0.3 is 9.84 Å². The smallest absolute Gasteiger partial charge is 0.305 e. The van der Waals surface area contributed by atoms with Crippen LogP contribution in [0.4, 0.5) is 0 Å². The molecule has 21 heavy (non-hydrogen) atoms. The van der Waals surface area contributed by atoms with Gasteiger partial charge in [-0.25, -0.2) is 0 Å². The Labute approximate surface area is 127 Å². The quantitative estimate of drug-likeness (QED) is 0.612. The Morgan fingerprint density at radius 1 is 1.43 bits per heavy atom. The van der Waals surface area contributed by atoms with Crippen molar-refractivity contribution in [3.05, 3.63) is 29.8 Å². The monoisotopic (exact) mass is 309 g/mol. The normalized spacial score (nSPS) is 14.8. The lowest BCUT2D eigenvalue weighted by atomic mass is 10.0. The highest BCUT2D eigenvalue weighted by atomic mass is 32.2. The summed E-state index contributed by atoms with van der Waals surface area (Å²) < 4.78 is 16.7. The molecule has 1 aromatic rings. The van der Waals surface area contributed by atoms with Gasteiger partial charge in [-0.05, 0) is 31.9 Å². The van der Waals surface area contributed by atoms with Gasteiger partial charge in [-0.3, -0.25) is 9.00 Å². The van der Waals surface area contributed by atoms with Gasteiger partial charge in [-0.15, -0.1) is 0 Å². The van der Waals surface area contributed by atoms with Crippen molar-refractivity contribution in [3.8, 4) is 6.07 Å². The topological polar surface area (TPSA) is 87.4 Å². The van der Waals surface area contributed by atoms with Gasteiger partial charge in [0.2, 0.25) is 0 Å². The van der Waals surface area contributed by atoms with Crippen LogP contribution in [0.2, 0.25) is 0 Å². The van der Waals surface area contributed by atoms with Crippen LogP contribution < -0.4 is 0 Å². The van der Waals surface area contributed by atoms with E-state index in [1.807, 2.05) is 19.1 Å². The second kappa shape index (κ2) is 7.91. The zero-order valence-corrected chi connectivity index (χ0v) is 13.0. The van der Waals surface area contributed by atoms with Crippen molar-refractivity contribution in [2.45, 2.75) is 36.7 Å². The summed E-state index contributed by atoms with van der Waals surface area (Å²) in [6, 6.07) is 8.89. The lowest BCUT2D eigenvalue weighted by Gasteiger charge is -2.19. The van der Waals surface area contributed by atoms with Crippen molar-refractivity contribution in [1.29, 1.82) is 5.26 Å². The van der Waals surface area contributed by atoms with Crippen LogP contribution in [-0.4, -0.2) is 33.7 Å². The van der Waals surface area contributed by atoms with Gasteiger partial charge in [0.1, 0.15) is 0 Å². The number of carbonyl (C=O) groups is 1. The van der Waals surface area contributed by atoms with E-state index >= 15 is 0 Å². The SMILES string of the molecule is COC(=O)CCC[C@](O)(C#N)C[S@@](=O)c1ccc(C)cc1. The highest BCUT2D eigenvalue weighted by Gasteiger charge is 2.29. The average Bonchev–Trinajstić information content (AvgIpc) is 2.47. The fourth-order valence-corrected chi connectivity index (χ4v) is 3.03.